The Morgan fingerprint density at radius 2 is 2.35 bits per heavy atom. The number of aromatic nitrogens is 1. The van der Waals surface area contributed by atoms with Gasteiger partial charge < -0.3 is 13.9 Å². The summed E-state index contributed by atoms with van der Waals surface area (Å²) in [5, 5.41) is 0. The molecule has 4 rings (SSSR count). The van der Waals surface area contributed by atoms with Crippen LogP contribution in [0.1, 0.15) is 18.6 Å². The molecule has 0 aromatic carbocycles. The molecule has 1 spiro atoms. The summed E-state index contributed by atoms with van der Waals surface area (Å²) < 4.78 is 30.8. The molecule has 0 amide bonds. The maximum atomic E-state index is 13.6. The molecule has 2 saturated heterocycles. The first kappa shape index (κ1) is 14.7. The van der Waals surface area contributed by atoms with Crippen LogP contribution in [0.3, 0.4) is 0 Å². The standard InChI is InChI=1S/C17H19FN2O3/c18-15-4-1-6-19-16(15)23-14-9-17(22-11-14)5-7-20(12-17)10-13-3-2-8-21-13/h1-4,6,8,14H,5,7,9-12H2/t14-,17+/m1/s1. The lowest BCUT2D eigenvalue weighted by Gasteiger charge is -2.23. The highest BCUT2D eigenvalue weighted by molar-refractivity contribution is 5.14. The number of furan rings is 1. The van der Waals surface area contributed by atoms with E-state index in [2.05, 4.69) is 9.88 Å². The van der Waals surface area contributed by atoms with Gasteiger partial charge in [0.05, 0.1) is 25.0 Å². The molecule has 0 N–H and O–H groups in total. The number of hydrogen-bond donors (Lipinski definition) is 0. The van der Waals surface area contributed by atoms with Crippen LogP contribution in [-0.2, 0) is 11.3 Å². The van der Waals surface area contributed by atoms with Crippen molar-refractivity contribution in [2.24, 2.45) is 0 Å². The molecule has 2 aromatic rings. The van der Waals surface area contributed by atoms with Gasteiger partial charge in [0.1, 0.15) is 11.9 Å². The van der Waals surface area contributed by atoms with Gasteiger partial charge >= 0.3 is 0 Å². The zero-order valence-corrected chi connectivity index (χ0v) is 12.8. The third kappa shape index (κ3) is 3.09. The van der Waals surface area contributed by atoms with Crippen molar-refractivity contribution in [3.63, 3.8) is 0 Å². The van der Waals surface area contributed by atoms with Crippen molar-refractivity contribution in [1.82, 2.24) is 9.88 Å². The van der Waals surface area contributed by atoms with E-state index < -0.39 is 5.82 Å². The van der Waals surface area contributed by atoms with Crippen LogP contribution < -0.4 is 4.74 Å². The molecule has 2 fully saturated rings. The lowest BCUT2D eigenvalue weighted by Crippen LogP contribution is -2.33. The highest BCUT2D eigenvalue weighted by atomic mass is 19.1. The van der Waals surface area contributed by atoms with Crippen LogP contribution in [0.15, 0.2) is 41.1 Å². The largest absolute Gasteiger partial charge is 0.470 e. The Morgan fingerprint density at radius 1 is 1.39 bits per heavy atom. The third-order valence-corrected chi connectivity index (χ3v) is 4.53. The quantitative estimate of drug-likeness (QED) is 0.867. The zero-order chi connectivity index (χ0) is 15.7. The van der Waals surface area contributed by atoms with Gasteiger partial charge in [-0.05, 0) is 30.7 Å². The molecule has 0 aliphatic carbocycles. The predicted molar refractivity (Wildman–Crippen MR) is 80.5 cm³/mol. The molecule has 6 heteroatoms. The van der Waals surface area contributed by atoms with E-state index in [0.29, 0.717) is 6.61 Å². The summed E-state index contributed by atoms with van der Waals surface area (Å²) in [6.45, 7) is 3.08. The second-order valence-electron chi connectivity index (χ2n) is 6.27. The van der Waals surface area contributed by atoms with E-state index in [4.69, 9.17) is 13.9 Å². The zero-order valence-electron chi connectivity index (χ0n) is 12.8. The van der Waals surface area contributed by atoms with Crippen LogP contribution in [0.2, 0.25) is 0 Å². The van der Waals surface area contributed by atoms with E-state index in [1.54, 1.807) is 12.3 Å². The van der Waals surface area contributed by atoms with Crippen LogP contribution in [0.4, 0.5) is 4.39 Å². The normalized spacial score (nSPS) is 27.8. The van der Waals surface area contributed by atoms with E-state index in [9.17, 15) is 4.39 Å². The van der Waals surface area contributed by atoms with E-state index in [1.807, 2.05) is 12.1 Å². The van der Waals surface area contributed by atoms with E-state index >= 15 is 0 Å². The van der Waals surface area contributed by atoms with Crippen molar-refractivity contribution in [2.75, 3.05) is 19.7 Å². The summed E-state index contributed by atoms with van der Waals surface area (Å²) in [5.74, 6) is 0.589. The van der Waals surface area contributed by atoms with Crippen LogP contribution >= 0.6 is 0 Å². The number of rotatable bonds is 4. The number of ether oxygens (including phenoxy) is 2. The summed E-state index contributed by atoms with van der Waals surface area (Å²) in [7, 11) is 0. The average molecular weight is 318 g/mol. The molecular formula is C17H19FN2O3. The first-order valence-corrected chi connectivity index (χ1v) is 7.88. The van der Waals surface area contributed by atoms with Gasteiger partial charge in [-0.25, -0.2) is 9.37 Å². The molecule has 2 atom stereocenters. The van der Waals surface area contributed by atoms with Gasteiger partial charge in [0.25, 0.3) is 5.88 Å². The van der Waals surface area contributed by atoms with Gasteiger partial charge in [0.2, 0.25) is 0 Å². The van der Waals surface area contributed by atoms with Crippen LogP contribution in [-0.4, -0.2) is 41.3 Å². The summed E-state index contributed by atoms with van der Waals surface area (Å²) in [4.78, 5) is 6.27. The molecule has 5 nitrogen and oxygen atoms in total. The maximum absolute atomic E-state index is 13.6. The smallest absolute Gasteiger partial charge is 0.250 e. The lowest BCUT2D eigenvalue weighted by atomic mass is 9.98. The Hall–Kier alpha value is -1.92. The summed E-state index contributed by atoms with van der Waals surface area (Å²) in [6.07, 6.45) is 4.79. The lowest BCUT2D eigenvalue weighted by molar-refractivity contribution is 0.00875. The van der Waals surface area contributed by atoms with E-state index in [-0.39, 0.29) is 17.6 Å². The van der Waals surface area contributed by atoms with Crippen molar-refractivity contribution in [3.8, 4) is 5.88 Å². The van der Waals surface area contributed by atoms with Gasteiger partial charge in [0.15, 0.2) is 5.82 Å². The maximum Gasteiger partial charge on any atom is 0.250 e. The van der Waals surface area contributed by atoms with Crippen molar-refractivity contribution >= 4 is 0 Å². The first-order valence-electron chi connectivity index (χ1n) is 7.88. The van der Waals surface area contributed by atoms with Gasteiger partial charge in [-0.1, -0.05) is 0 Å². The minimum absolute atomic E-state index is 0.0589. The molecule has 2 aliphatic heterocycles. The molecule has 2 aromatic heterocycles. The molecular weight excluding hydrogens is 299 g/mol. The highest BCUT2D eigenvalue weighted by Crippen LogP contribution is 2.37. The van der Waals surface area contributed by atoms with E-state index in [0.717, 1.165) is 38.2 Å². The minimum Gasteiger partial charge on any atom is -0.470 e. The molecule has 0 bridgehead atoms. The number of likely N-dealkylation sites (tertiary alicyclic amines) is 1. The molecule has 122 valence electrons. The first-order chi connectivity index (χ1) is 11.2. The second kappa shape index (κ2) is 5.94. The summed E-state index contributed by atoms with van der Waals surface area (Å²) in [6, 6.07) is 6.79. The number of hydrogen-bond acceptors (Lipinski definition) is 5. The van der Waals surface area contributed by atoms with Gasteiger partial charge in [-0.2, -0.15) is 0 Å². The topological polar surface area (TPSA) is 47.7 Å². The van der Waals surface area contributed by atoms with Crippen LogP contribution in [0.25, 0.3) is 0 Å². The van der Waals surface area contributed by atoms with E-state index in [1.165, 1.54) is 12.3 Å². The number of halogens is 1. The fourth-order valence-corrected chi connectivity index (χ4v) is 3.46. The minimum atomic E-state index is -0.431. The van der Waals surface area contributed by atoms with Gasteiger partial charge in [-0.3, -0.25) is 4.90 Å². The monoisotopic (exact) mass is 318 g/mol. The molecule has 0 radical (unpaired) electrons. The molecule has 4 heterocycles. The Labute approximate surface area is 134 Å². The predicted octanol–water partition coefficient (Wildman–Crippen LogP) is 2.63. The SMILES string of the molecule is Fc1cccnc1O[C@H]1CO[C@@]2(CCN(Cc3ccco3)C2)C1. The summed E-state index contributed by atoms with van der Waals surface area (Å²) >= 11 is 0. The molecule has 23 heavy (non-hydrogen) atoms. The van der Waals surface area contributed by atoms with Crippen molar-refractivity contribution in [1.29, 1.82) is 0 Å². The fourth-order valence-electron chi connectivity index (χ4n) is 3.46. The van der Waals surface area contributed by atoms with Gasteiger partial charge in [-0.15, -0.1) is 0 Å². The van der Waals surface area contributed by atoms with Crippen LogP contribution in [0, 0.1) is 5.82 Å². The molecule has 0 saturated carbocycles. The Morgan fingerprint density at radius 3 is 3.17 bits per heavy atom. The molecule has 0 unspecified atom stereocenters. The van der Waals surface area contributed by atoms with Crippen molar-refractivity contribution in [3.05, 3.63) is 48.3 Å². The highest BCUT2D eigenvalue weighted by Gasteiger charge is 2.46. The van der Waals surface area contributed by atoms with Crippen molar-refractivity contribution < 1.29 is 18.3 Å². The number of pyridine rings is 1. The van der Waals surface area contributed by atoms with Gasteiger partial charge in [0, 0.05) is 25.7 Å². The number of nitrogens with zero attached hydrogens (tertiary/aromatic N) is 2. The average Bonchev–Trinajstić information content (AvgIpc) is 3.26. The fraction of sp³-hybridized carbons (Fsp3) is 0.471. The Balaban J connectivity index is 1.36. The third-order valence-electron chi connectivity index (χ3n) is 4.53. The molecule has 2 aliphatic rings. The Bertz CT molecular complexity index is 664. The summed E-state index contributed by atoms with van der Waals surface area (Å²) in [5.41, 5.74) is -0.192. The Kier molecular flexibility index (Phi) is 3.79. The van der Waals surface area contributed by atoms with Crippen molar-refractivity contribution in [2.45, 2.75) is 31.1 Å². The second-order valence-corrected chi connectivity index (χ2v) is 6.27. The van der Waals surface area contributed by atoms with Crippen LogP contribution in [0.5, 0.6) is 5.88 Å².